The zero-order valence-electron chi connectivity index (χ0n) is 13.7. The molecule has 1 amide bonds. The molecule has 3 aromatic carbocycles. The van der Waals surface area contributed by atoms with E-state index in [1.807, 2.05) is 31.2 Å². The number of fused-ring (bicyclic) bond motifs is 1. The predicted octanol–water partition coefficient (Wildman–Crippen LogP) is 5.38. The molecule has 0 aliphatic heterocycles. The summed E-state index contributed by atoms with van der Waals surface area (Å²) in [6.45, 7) is 3.61. The van der Waals surface area contributed by atoms with Gasteiger partial charge in [0.2, 0.25) is 0 Å². The van der Waals surface area contributed by atoms with Gasteiger partial charge in [-0.3, -0.25) is 14.9 Å². The van der Waals surface area contributed by atoms with Gasteiger partial charge in [-0.05, 0) is 47.9 Å². The molecule has 0 saturated heterocycles. The Morgan fingerprint density at radius 2 is 1.72 bits per heavy atom. The maximum absolute atomic E-state index is 12.8. The summed E-state index contributed by atoms with van der Waals surface area (Å²) < 4.78 is 0.886. The number of amides is 1. The van der Waals surface area contributed by atoms with Crippen molar-refractivity contribution < 1.29 is 9.72 Å². The molecule has 0 saturated carbocycles. The van der Waals surface area contributed by atoms with E-state index in [4.69, 9.17) is 0 Å². The number of hydrogen-bond acceptors (Lipinski definition) is 3. The lowest BCUT2D eigenvalue weighted by atomic mass is 10.0. The Labute approximate surface area is 152 Å². The highest BCUT2D eigenvalue weighted by atomic mass is 79.9. The highest BCUT2D eigenvalue weighted by Crippen LogP contribution is 2.32. The average Bonchev–Trinajstić information content (AvgIpc) is 2.58. The van der Waals surface area contributed by atoms with Gasteiger partial charge >= 0.3 is 0 Å². The molecule has 5 nitrogen and oxygen atoms in total. The molecule has 0 unspecified atom stereocenters. The van der Waals surface area contributed by atoms with Gasteiger partial charge < -0.3 is 5.32 Å². The van der Waals surface area contributed by atoms with Crippen LogP contribution in [0.3, 0.4) is 0 Å². The summed E-state index contributed by atoms with van der Waals surface area (Å²) in [4.78, 5) is 23.7. The van der Waals surface area contributed by atoms with Gasteiger partial charge in [-0.15, -0.1) is 0 Å². The number of anilines is 1. The Kier molecular flexibility index (Phi) is 4.55. The third kappa shape index (κ3) is 3.13. The summed E-state index contributed by atoms with van der Waals surface area (Å²) in [5, 5.41) is 15.7. The molecular weight excluding hydrogens is 384 g/mol. The van der Waals surface area contributed by atoms with E-state index in [2.05, 4.69) is 21.2 Å². The normalized spacial score (nSPS) is 10.7. The number of benzene rings is 3. The number of carbonyl (C=O) groups excluding carboxylic acids is 1. The van der Waals surface area contributed by atoms with Gasteiger partial charge in [0, 0.05) is 16.1 Å². The first-order valence-corrected chi connectivity index (χ1v) is 8.42. The molecule has 126 valence electrons. The molecule has 25 heavy (non-hydrogen) atoms. The minimum absolute atomic E-state index is 0.113. The molecule has 0 atom stereocenters. The third-order valence-electron chi connectivity index (χ3n) is 4.26. The van der Waals surface area contributed by atoms with Gasteiger partial charge in [0.1, 0.15) is 5.69 Å². The van der Waals surface area contributed by atoms with Gasteiger partial charge in [0.15, 0.2) is 0 Å². The summed E-state index contributed by atoms with van der Waals surface area (Å²) in [5.41, 5.74) is 2.15. The highest BCUT2D eigenvalue weighted by Gasteiger charge is 2.21. The molecule has 0 bridgehead atoms. The summed E-state index contributed by atoms with van der Waals surface area (Å²) in [7, 11) is 0. The predicted molar refractivity (Wildman–Crippen MR) is 102 cm³/mol. The first-order chi connectivity index (χ1) is 11.9. The average molecular weight is 399 g/mol. The molecule has 0 heterocycles. The Balaban J connectivity index is 2.09. The maximum Gasteiger partial charge on any atom is 0.293 e. The lowest BCUT2D eigenvalue weighted by Gasteiger charge is -2.12. The molecule has 3 aromatic rings. The second kappa shape index (κ2) is 6.64. The van der Waals surface area contributed by atoms with E-state index in [-0.39, 0.29) is 17.3 Å². The van der Waals surface area contributed by atoms with Crippen molar-refractivity contribution >= 4 is 44.0 Å². The number of nitrogens with zero attached hydrogens (tertiary/aromatic N) is 1. The largest absolute Gasteiger partial charge is 0.316 e. The van der Waals surface area contributed by atoms with Crippen LogP contribution in [-0.2, 0) is 0 Å². The molecule has 6 heteroatoms. The quantitative estimate of drug-likeness (QED) is 0.475. The number of nitro benzene ring substituents is 1. The summed E-state index contributed by atoms with van der Waals surface area (Å²) in [6.07, 6.45) is 0. The van der Waals surface area contributed by atoms with Crippen molar-refractivity contribution in [3.63, 3.8) is 0 Å². The van der Waals surface area contributed by atoms with Crippen LogP contribution in [-0.4, -0.2) is 10.8 Å². The standard InChI is InChI=1S/C19H15BrN2O3/c1-11-9-10-17(22(24)25)18(12(11)2)21-19(23)15-7-3-6-14-13(15)5-4-8-16(14)20/h3-10H,1-2H3,(H,21,23). The number of carbonyl (C=O) groups is 1. The van der Waals surface area contributed by atoms with Crippen LogP contribution in [0.15, 0.2) is 53.0 Å². The van der Waals surface area contributed by atoms with E-state index >= 15 is 0 Å². The first-order valence-electron chi connectivity index (χ1n) is 7.63. The fourth-order valence-electron chi connectivity index (χ4n) is 2.76. The molecule has 0 fully saturated rings. The summed E-state index contributed by atoms with van der Waals surface area (Å²) in [6, 6.07) is 14.1. The van der Waals surface area contributed by atoms with Gasteiger partial charge in [-0.1, -0.05) is 46.3 Å². The number of nitrogens with one attached hydrogen (secondary N) is 1. The zero-order chi connectivity index (χ0) is 18.1. The Bertz CT molecular complexity index is 1010. The lowest BCUT2D eigenvalue weighted by molar-refractivity contribution is -0.384. The summed E-state index contributed by atoms with van der Waals surface area (Å²) >= 11 is 3.48. The maximum atomic E-state index is 12.8. The minimum Gasteiger partial charge on any atom is -0.316 e. The molecular formula is C19H15BrN2O3. The van der Waals surface area contributed by atoms with Crippen molar-refractivity contribution in [2.24, 2.45) is 0 Å². The van der Waals surface area contributed by atoms with Gasteiger partial charge in [0.05, 0.1) is 4.92 Å². The van der Waals surface area contributed by atoms with Crippen LogP contribution in [0, 0.1) is 24.0 Å². The van der Waals surface area contributed by atoms with E-state index in [9.17, 15) is 14.9 Å². The van der Waals surface area contributed by atoms with Gasteiger partial charge in [0.25, 0.3) is 11.6 Å². The van der Waals surface area contributed by atoms with Crippen LogP contribution in [0.5, 0.6) is 0 Å². The van der Waals surface area contributed by atoms with Crippen LogP contribution in [0.2, 0.25) is 0 Å². The van der Waals surface area contributed by atoms with E-state index < -0.39 is 4.92 Å². The minimum atomic E-state index is -0.484. The topological polar surface area (TPSA) is 72.2 Å². The van der Waals surface area contributed by atoms with E-state index in [1.165, 1.54) is 6.07 Å². The summed E-state index contributed by atoms with van der Waals surface area (Å²) in [5.74, 6) is -0.375. The number of rotatable bonds is 3. The number of nitro groups is 1. The molecule has 0 aliphatic rings. The fourth-order valence-corrected chi connectivity index (χ4v) is 3.26. The van der Waals surface area contributed by atoms with E-state index in [0.29, 0.717) is 11.1 Å². The molecule has 0 aromatic heterocycles. The number of halogens is 1. The molecule has 0 radical (unpaired) electrons. The van der Waals surface area contributed by atoms with Crippen LogP contribution in [0.4, 0.5) is 11.4 Å². The Morgan fingerprint density at radius 3 is 2.44 bits per heavy atom. The smallest absolute Gasteiger partial charge is 0.293 e. The number of aryl methyl sites for hydroxylation is 1. The Morgan fingerprint density at radius 1 is 1.04 bits per heavy atom. The second-order valence-electron chi connectivity index (χ2n) is 5.75. The van der Waals surface area contributed by atoms with Crippen molar-refractivity contribution in [1.29, 1.82) is 0 Å². The lowest BCUT2D eigenvalue weighted by Crippen LogP contribution is -2.15. The molecule has 1 N–H and O–H groups in total. The fraction of sp³-hybridized carbons (Fsp3) is 0.105. The van der Waals surface area contributed by atoms with Crippen molar-refractivity contribution in [2.45, 2.75) is 13.8 Å². The monoisotopic (exact) mass is 398 g/mol. The molecule has 3 rings (SSSR count). The SMILES string of the molecule is Cc1ccc([N+](=O)[O-])c(NC(=O)c2cccc3c(Br)cccc23)c1C. The highest BCUT2D eigenvalue weighted by molar-refractivity contribution is 9.10. The van der Waals surface area contributed by atoms with Crippen LogP contribution in [0.25, 0.3) is 10.8 Å². The third-order valence-corrected chi connectivity index (χ3v) is 4.95. The van der Waals surface area contributed by atoms with E-state index in [1.54, 1.807) is 25.1 Å². The second-order valence-corrected chi connectivity index (χ2v) is 6.61. The van der Waals surface area contributed by atoms with Crippen LogP contribution >= 0.6 is 15.9 Å². The number of hydrogen-bond donors (Lipinski definition) is 1. The zero-order valence-corrected chi connectivity index (χ0v) is 15.3. The van der Waals surface area contributed by atoms with Crippen LogP contribution in [0.1, 0.15) is 21.5 Å². The molecule has 0 spiro atoms. The van der Waals surface area contributed by atoms with Crippen molar-refractivity contribution in [3.05, 3.63) is 79.8 Å². The van der Waals surface area contributed by atoms with Crippen LogP contribution < -0.4 is 5.32 Å². The van der Waals surface area contributed by atoms with Crippen molar-refractivity contribution in [1.82, 2.24) is 0 Å². The van der Waals surface area contributed by atoms with E-state index in [0.717, 1.165) is 20.8 Å². The van der Waals surface area contributed by atoms with Gasteiger partial charge in [-0.2, -0.15) is 0 Å². The first kappa shape index (κ1) is 17.1. The van der Waals surface area contributed by atoms with Gasteiger partial charge in [-0.25, -0.2) is 0 Å². The molecule has 0 aliphatic carbocycles. The van der Waals surface area contributed by atoms with Crippen molar-refractivity contribution in [3.8, 4) is 0 Å². The van der Waals surface area contributed by atoms with Crippen molar-refractivity contribution in [2.75, 3.05) is 5.32 Å². The Hall–Kier alpha value is -2.73.